The summed E-state index contributed by atoms with van der Waals surface area (Å²) in [6.45, 7) is 1.90. The van der Waals surface area contributed by atoms with E-state index in [4.69, 9.17) is 10.5 Å². The molecule has 5 heteroatoms. The summed E-state index contributed by atoms with van der Waals surface area (Å²) in [5.41, 5.74) is 6.47. The number of primary amides is 1. The van der Waals surface area contributed by atoms with Gasteiger partial charge in [-0.25, -0.2) is 4.98 Å². The molecule has 20 heavy (non-hydrogen) atoms. The Morgan fingerprint density at radius 1 is 1.35 bits per heavy atom. The lowest BCUT2D eigenvalue weighted by Gasteiger charge is -2.23. The smallest absolute Gasteiger partial charge is 0.248 e. The first-order chi connectivity index (χ1) is 9.72. The predicted octanol–water partition coefficient (Wildman–Crippen LogP) is 1.46. The van der Waals surface area contributed by atoms with Crippen LogP contribution in [0.1, 0.15) is 23.2 Å². The molecule has 3 N–H and O–H groups in total. The SMILES string of the molecule is NC(=O)c1ccc2ccc(OC3CCCNC3)nc2c1. The summed E-state index contributed by atoms with van der Waals surface area (Å²) in [5.74, 6) is 0.143. The van der Waals surface area contributed by atoms with Gasteiger partial charge in [0.15, 0.2) is 0 Å². The summed E-state index contributed by atoms with van der Waals surface area (Å²) in [4.78, 5) is 15.7. The number of benzene rings is 1. The highest BCUT2D eigenvalue weighted by Crippen LogP contribution is 2.20. The second-order valence-electron chi connectivity index (χ2n) is 5.01. The van der Waals surface area contributed by atoms with E-state index in [1.54, 1.807) is 12.1 Å². The number of carbonyl (C=O) groups is 1. The van der Waals surface area contributed by atoms with Crippen LogP contribution in [0.25, 0.3) is 10.9 Å². The maximum atomic E-state index is 11.2. The largest absolute Gasteiger partial charge is 0.473 e. The zero-order valence-electron chi connectivity index (χ0n) is 11.1. The molecule has 5 nitrogen and oxygen atoms in total. The molecule has 0 bridgehead atoms. The number of nitrogens with two attached hydrogens (primary N) is 1. The normalized spacial score (nSPS) is 18.9. The zero-order valence-corrected chi connectivity index (χ0v) is 11.1. The van der Waals surface area contributed by atoms with Gasteiger partial charge in [0.05, 0.1) is 5.52 Å². The number of carbonyl (C=O) groups excluding carboxylic acids is 1. The highest BCUT2D eigenvalue weighted by atomic mass is 16.5. The number of fused-ring (bicyclic) bond motifs is 1. The van der Waals surface area contributed by atoms with Crippen molar-refractivity contribution in [2.75, 3.05) is 13.1 Å². The van der Waals surface area contributed by atoms with Crippen molar-refractivity contribution in [3.63, 3.8) is 0 Å². The van der Waals surface area contributed by atoms with E-state index >= 15 is 0 Å². The quantitative estimate of drug-likeness (QED) is 0.886. The van der Waals surface area contributed by atoms with Crippen molar-refractivity contribution in [3.8, 4) is 5.88 Å². The number of nitrogens with zero attached hydrogens (tertiary/aromatic N) is 1. The van der Waals surface area contributed by atoms with Gasteiger partial charge in [0.25, 0.3) is 0 Å². The number of hydrogen-bond acceptors (Lipinski definition) is 4. The first kappa shape index (κ1) is 12.9. The minimum absolute atomic E-state index is 0.160. The average molecular weight is 271 g/mol. The molecule has 1 aliphatic heterocycles. The van der Waals surface area contributed by atoms with Crippen molar-refractivity contribution >= 4 is 16.8 Å². The van der Waals surface area contributed by atoms with E-state index in [1.165, 1.54) is 0 Å². The molecule has 1 fully saturated rings. The second kappa shape index (κ2) is 5.46. The maximum Gasteiger partial charge on any atom is 0.248 e. The van der Waals surface area contributed by atoms with Crippen molar-refractivity contribution < 1.29 is 9.53 Å². The Labute approximate surface area is 117 Å². The molecule has 0 radical (unpaired) electrons. The Kier molecular flexibility index (Phi) is 3.52. The number of piperidine rings is 1. The van der Waals surface area contributed by atoms with Crippen molar-refractivity contribution in [2.24, 2.45) is 5.73 Å². The molecule has 104 valence electrons. The van der Waals surface area contributed by atoms with Crippen LogP contribution in [0.5, 0.6) is 5.88 Å². The van der Waals surface area contributed by atoms with Crippen LogP contribution in [0, 0.1) is 0 Å². The van der Waals surface area contributed by atoms with Gasteiger partial charge in [0, 0.05) is 23.6 Å². The molecular weight excluding hydrogens is 254 g/mol. The number of ether oxygens (including phenoxy) is 1. The van der Waals surface area contributed by atoms with Crippen molar-refractivity contribution in [1.82, 2.24) is 10.3 Å². The molecule has 1 aromatic heterocycles. The van der Waals surface area contributed by atoms with Crippen LogP contribution in [-0.2, 0) is 0 Å². The average Bonchev–Trinajstić information content (AvgIpc) is 2.47. The van der Waals surface area contributed by atoms with Gasteiger partial charge in [-0.15, -0.1) is 0 Å². The molecule has 2 heterocycles. The Morgan fingerprint density at radius 2 is 2.20 bits per heavy atom. The second-order valence-corrected chi connectivity index (χ2v) is 5.01. The minimum atomic E-state index is -0.448. The summed E-state index contributed by atoms with van der Waals surface area (Å²) in [5, 5.41) is 4.26. The Bertz CT molecular complexity index is 636. The fourth-order valence-electron chi connectivity index (χ4n) is 2.41. The highest BCUT2D eigenvalue weighted by molar-refractivity contribution is 5.96. The topological polar surface area (TPSA) is 77.2 Å². The minimum Gasteiger partial charge on any atom is -0.473 e. The standard InChI is InChI=1S/C15H17N3O2/c16-15(19)11-4-3-10-5-6-14(18-13(10)8-11)20-12-2-1-7-17-9-12/h3-6,8,12,17H,1-2,7,9H2,(H2,16,19). The lowest BCUT2D eigenvalue weighted by atomic mass is 10.1. The van der Waals surface area contributed by atoms with E-state index in [1.807, 2.05) is 18.2 Å². The lowest BCUT2D eigenvalue weighted by Crippen LogP contribution is -2.37. The first-order valence-corrected chi connectivity index (χ1v) is 6.80. The third-order valence-corrected chi connectivity index (χ3v) is 3.49. The predicted molar refractivity (Wildman–Crippen MR) is 76.8 cm³/mol. The van der Waals surface area contributed by atoms with Gasteiger partial charge in [0.1, 0.15) is 6.10 Å². The zero-order chi connectivity index (χ0) is 13.9. The maximum absolute atomic E-state index is 11.2. The number of hydrogen-bond donors (Lipinski definition) is 2. The molecule has 0 spiro atoms. The van der Waals surface area contributed by atoms with Gasteiger partial charge in [0.2, 0.25) is 11.8 Å². The van der Waals surface area contributed by atoms with E-state index in [9.17, 15) is 4.79 Å². The Balaban J connectivity index is 1.86. The monoisotopic (exact) mass is 271 g/mol. The fourth-order valence-corrected chi connectivity index (χ4v) is 2.41. The van der Waals surface area contributed by atoms with E-state index in [-0.39, 0.29) is 6.10 Å². The molecule has 0 saturated carbocycles. The van der Waals surface area contributed by atoms with Crippen LogP contribution in [0.4, 0.5) is 0 Å². The number of aromatic nitrogens is 1. The van der Waals surface area contributed by atoms with Gasteiger partial charge < -0.3 is 15.8 Å². The number of pyridine rings is 1. The summed E-state index contributed by atoms with van der Waals surface area (Å²) < 4.78 is 5.87. The molecule has 1 aromatic carbocycles. The number of rotatable bonds is 3. The van der Waals surface area contributed by atoms with E-state index < -0.39 is 5.91 Å². The van der Waals surface area contributed by atoms with Crippen molar-refractivity contribution in [2.45, 2.75) is 18.9 Å². The Hall–Kier alpha value is -2.14. The van der Waals surface area contributed by atoms with E-state index in [0.717, 1.165) is 36.8 Å². The van der Waals surface area contributed by atoms with Gasteiger partial charge in [-0.2, -0.15) is 0 Å². The first-order valence-electron chi connectivity index (χ1n) is 6.80. The van der Waals surface area contributed by atoms with Crippen LogP contribution in [-0.4, -0.2) is 30.1 Å². The highest BCUT2D eigenvalue weighted by Gasteiger charge is 2.15. The van der Waals surface area contributed by atoms with E-state index in [0.29, 0.717) is 11.4 Å². The molecule has 1 saturated heterocycles. The lowest BCUT2D eigenvalue weighted by molar-refractivity contribution is 0.100. The third kappa shape index (κ3) is 2.72. The number of nitrogens with one attached hydrogen (secondary N) is 1. The van der Waals surface area contributed by atoms with Gasteiger partial charge in [-0.05, 0) is 37.6 Å². The van der Waals surface area contributed by atoms with Crippen molar-refractivity contribution in [1.29, 1.82) is 0 Å². The van der Waals surface area contributed by atoms with Gasteiger partial charge in [-0.3, -0.25) is 4.79 Å². The molecule has 3 rings (SSSR count). The molecule has 2 aromatic rings. The molecule has 1 amide bonds. The van der Waals surface area contributed by atoms with Crippen LogP contribution >= 0.6 is 0 Å². The third-order valence-electron chi connectivity index (χ3n) is 3.49. The van der Waals surface area contributed by atoms with Crippen LogP contribution in [0.2, 0.25) is 0 Å². The Morgan fingerprint density at radius 3 is 2.95 bits per heavy atom. The molecular formula is C15H17N3O2. The van der Waals surface area contributed by atoms with Crippen LogP contribution < -0.4 is 15.8 Å². The summed E-state index contributed by atoms with van der Waals surface area (Å²) >= 11 is 0. The molecule has 1 unspecified atom stereocenters. The molecule has 1 atom stereocenters. The summed E-state index contributed by atoms with van der Waals surface area (Å²) in [7, 11) is 0. The van der Waals surface area contributed by atoms with Crippen LogP contribution in [0.3, 0.4) is 0 Å². The summed E-state index contributed by atoms with van der Waals surface area (Å²) in [6, 6.07) is 9.05. The number of amides is 1. The summed E-state index contributed by atoms with van der Waals surface area (Å²) in [6.07, 6.45) is 2.31. The molecule has 0 aliphatic carbocycles. The van der Waals surface area contributed by atoms with Gasteiger partial charge >= 0.3 is 0 Å². The van der Waals surface area contributed by atoms with Crippen molar-refractivity contribution in [3.05, 3.63) is 35.9 Å². The molecule has 1 aliphatic rings. The van der Waals surface area contributed by atoms with Crippen LogP contribution in [0.15, 0.2) is 30.3 Å². The fraction of sp³-hybridized carbons (Fsp3) is 0.333. The van der Waals surface area contributed by atoms with E-state index in [2.05, 4.69) is 10.3 Å². The van der Waals surface area contributed by atoms with Gasteiger partial charge in [-0.1, -0.05) is 6.07 Å².